The largest absolute Gasteiger partial charge is 0.465 e. The van der Waals surface area contributed by atoms with Crippen molar-refractivity contribution in [3.8, 4) is 0 Å². The summed E-state index contributed by atoms with van der Waals surface area (Å²) < 4.78 is 6.60. The van der Waals surface area contributed by atoms with E-state index in [2.05, 4.69) is 17.2 Å². The molecule has 3 heterocycles. The van der Waals surface area contributed by atoms with Crippen molar-refractivity contribution >= 4 is 23.5 Å². The highest BCUT2D eigenvalue weighted by Gasteiger charge is 2.37. The molecule has 8 heteroatoms. The van der Waals surface area contributed by atoms with E-state index in [0.29, 0.717) is 37.5 Å². The minimum absolute atomic E-state index is 0.0207. The number of carbonyl (C=O) groups is 3. The van der Waals surface area contributed by atoms with Crippen LogP contribution in [0.5, 0.6) is 0 Å². The van der Waals surface area contributed by atoms with E-state index >= 15 is 0 Å². The van der Waals surface area contributed by atoms with Crippen LogP contribution >= 0.6 is 0 Å². The van der Waals surface area contributed by atoms with E-state index in [9.17, 15) is 14.4 Å². The van der Waals surface area contributed by atoms with Gasteiger partial charge in [0.1, 0.15) is 6.61 Å². The molecule has 1 aromatic carbocycles. The molecule has 32 heavy (non-hydrogen) atoms. The lowest BCUT2D eigenvalue weighted by atomic mass is 9.98. The first kappa shape index (κ1) is 20.7. The maximum Gasteiger partial charge on any atom is 0.306 e. The average molecular weight is 437 g/mol. The van der Waals surface area contributed by atoms with Crippen LogP contribution in [-0.4, -0.2) is 58.2 Å². The topological polar surface area (TPSA) is 84.7 Å². The summed E-state index contributed by atoms with van der Waals surface area (Å²) in [6.45, 7) is 1.29. The third kappa shape index (κ3) is 4.13. The van der Waals surface area contributed by atoms with Crippen molar-refractivity contribution in [3.05, 3.63) is 47.8 Å². The van der Waals surface area contributed by atoms with Crippen molar-refractivity contribution in [3.63, 3.8) is 0 Å². The van der Waals surface area contributed by atoms with Crippen molar-refractivity contribution in [1.29, 1.82) is 0 Å². The fourth-order valence-corrected chi connectivity index (χ4v) is 4.77. The van der Waals surface area contributed by atoms with Crippen molar-refractivity contribution in [2.75, 3.05) is 24.6 Å². The second-order valence-corrected chi connectivity index (χ2v) is 9.06. The standard InChI is InChI=1S/C24H28N4O4/c1-26-10-9-21(25-26)24(31)28(20-4-2-3-17(13-20)16-5-6-16)19-7-11-27(12-8-19)23(30)18-14-22(29)32-15-18/h2-4,9-10,13,16,18-19H,5-8,11-12,14-15H2,1H3/t18-/m1/s1. The summed E-state index contributed by atoms with van der Waals surface area (Å²) in [6, 6.07) is 10.0. The molecule has 8 nitrogen and oxygen atoms in total. The van der Waals surface area contributed by atoms with Crippen molar-refractivity contribution in [2.45, 2.75) is 44.1 Å². The molecule has 0 bridgehead atoms. The molecule has 0 spiro atoms. The quantitative estimate of drug-likeness (QED) is 0.673. The zero-order valence-electron chi connectivity index (χ0n) is 18.3. The number of benzene rings is 1. The van der Waals surface area contributed by atoms with Gasteiger partial charge in [-0.1, -0.05) is 12.1 Å². The molecular weight excluding hydrogens is 408 g/mol. The Balaban J connectivity index is 1.35. The fourth-order valence-electron chi connectivity index (χ4n) is 4.77. The van der Waals surface area contributed by atoms with Gasteiger partial charge in [0.05, 0.1) is 12.3 Å². The van der Waals surface area contributed by atoms with Gasteiger partial charge in [0.2, 0.25) is 5.91 Å². The number of likely N-dealkylation sites (tertiary alicyclic amines) is 1. The fraction of sp³-hybridized carbons (Fsp3) is 0.500. The van der Waals surface area contributed by atoms with E-state index in [0.717, 1.165) is 5.69 Å². The number of cyclic esters (lactones) is 1. The summed E-state index contributed by atoms with van der Waals surface area (Å²) in [5, 5.41) is 4.34. The molecule has 2 amide bonds. The zero-order valence-corrected chi connectivity index (χ0v) is 18.3. The molecule has 1 aliphatic carbocycles. The van der Waals surface area contributed by atoms with Crippen LogP contribution in [0.1, 0.15) is 54.1 Å². The molecule has 3 aliphatic rings. The molecule has 2 aromatic rings. The van der Waals surface area contributed by atoms with E-state index < -0.39 is 0 Å². The summed E-state index contributed by atoms with van der Waals surface area (Å²) in [4.78, 5) is 41.4. The monoisotopic (exact) mass is 436 g/mol. The van der Waals surface area contributed by atoms with Crippen molar-refractivity contribution in [2.24, 2.45) is 13.0 Å². The number of anilines is 1. The first-order chi connectivity index (χ1) is 15.5. The molecule has 0 N–H and O–H groups in total. The van der Waals surface area contributed by atoms with Crippen molar-refractivity contribution in [1.82, 2.24) is 14.7 Å². The van der Waals surface area contributed by atoms with Gasteiger partial charge in [-0.25, -0.2) is 0 Å². The van der Waals surface area contributed by atoms with Gasteiger partial charge in [0.15, 0.2) is 5.69 Å². The third-order valence-electron chi connectivity index (χ3n) is 6.70. The average Bonchev–Trinajstić information content (AvgIpc) is 3.43. The summed E-state index contributed by atoms with van der Waals surface area (Å²) in [7, 11) is 1.80. The molecule has 3 fully saturated rings. The number of esters is 1. The van der Waals surface area contributed by atoms with Gasteiger partial charge in [-0.15, -0.1) is 0 Å². The molecule has 0 radical (unpaired) electrons. The van der Waals surface area contributed by atoms with Gasteiger partial charge in [0, 0.05) is 38.1 Å². The smallest absolute Gasteiger partial charge is 0.306 e. The van der Waals surface area contributed by atoms with Gasteiger partial charge < -0.3 is 14.5 Å². The normalized spacial score (nSPS) is 21.5. The number of piperidine rings is 1. The number of amides is 2. The first-order valence-corrected chi connectivity index (χ1v) is 11.4. The third-order valence-corrected chi connectivity index (χ3v) is 6.70. The van der Waals surface area contributed by atoms with Crippen LogP contribution in [0.2, 0.25) is 0 Å². The summed E-state index contributed by atoms with van der Waals surface area (Å²) in [6.07, 6.45) is 5.70. The maximum absolute atomic E-state index is 13.5. The summed E-state index contributed by atoms with van der Waals surface area (Å²) in [5.41, 5.74) is 2.59. The van der Waals surface area contributed by atoms with E-state index in [4.69, 9.17) is 4.74 Å². The second-order valence-electron chi connectivity index (χ2n) is 9.06. The Morgan fingerprint density at radius 2 is 1.91 bits per heavy atom. The molecule has 2 aliphatic heterocycles. The number of nitrogens with zero attached hydrogens (tertiary/aromatic N) is 4. The first-order valence-electron chi connectivity index (χ1n) is 11.4. The van der Waals surface area contributed by atoms with E-state index in [1.807, 2.05) is 21.9 Å². The van der Waals surface area contributed by atoms with Gasteiger partial charge in [-0.05, 0) is 55.4 Å². The Hall–Kier alpha value is -3.16. The number of carbonyl (C=O) groups excluding carboxylic acids is 3. The SMILES string of the molecule is Cn1ccc(C(=O)N(c2cccc(C3CC3)c2)C2CCN(C(=O)[C@H]3COC(=O)C3)CC2)n1. The molecule has 5 rings (SSSR count). The highest BCUT2D eigenvalue weighted by molar-refractivity contribution is 6.05. The molecular formula is C24H28N4O4. The van der Waals surface area contributed by atoms with Crippen LogP contribution in [0.15, 0.2) is 36.5 Å². The van der Waals surface area contributed by atoms with Gasteiger partial charge in [-0.2, -0.15) is 5.10 Å². The summed E-state index contributed by atoms with van der Waals surface area (Å²) >= 11 is 0. The van der Waals surface area contributed by atoms with Gasteiger partial charge >= 0.3 is 5.97 Å². The Labute approximate surface area is 187 Å². The molecule has 2 saturated heterocycles. The van der Waals surface area contributed by atoms with Crippen LogP contribution in [-0.2, 0) is 21.4 Å². The van der Waals surface area contributed by atoms with Crippen LogP contribution in [0.4, 0.5) is 5.69 Å². The molecule has 1 aromatic heterocycles. The Bertz CT molecular complexity index is 1040. The predicted molar refractivity (Wildman–Crippen MR) is 117 cm³/mol. The lowest BCUT2D eigenvalue weighted by Crippen LogP contribution is -2.50. The van der Waals surface area contributed by atoms with Crippen LogP contribution in [0.3, 0.4) is 0 Å². The number of aryl methyl sites for hydroxylation is 1. The predicted octanol–water partition coefficient (Wildman–Crippen LogP) is 2.50. The Morgan fingerprint density at radius 3 is 2.53 bits per heavy atom. The van der Waals surface area contributed by atoms with Gasteiger partial charge in [0.25, 0.3) is 5.91 Å². The van der Waals surface area contributed by atoms with Crippen molar-refractivity contribution < 1.29 is 19.1 Å². The number of aromatic nitrogens is 2. The zero-order chi connectivity index (χ0) is 22.2. The highest BCUT2D eigenvalue weighted by atomic mass is 16.5. The number of hydrogen-bond donors (Lipinski definition) is 0. The van der Waals surface area contributed by atoms with Gasteiger partial charge in [-0.3, -0.25) is 19.1 Å². The number of rotatable bonds is 5. The molecule has 0 unspecified atom stereocenters. The van der Waals surface area contributed by atoms with E-state index in [1.165, 1.54) is 18.4 Å². The van der Waals surface area contributed by atoms with Crippen LogP contribution < -0.4 is 4.90 Å². The molecule has 1 saturated carbocycles. The highest BCUT2D eigenvalue weighted by Crippen LogP contribution is 2.41. The van der Waals surface area contributed by atoms with Crippen LogP contribution in [0, 0.1) is 5.92 Å². The maximum atomic E-state index is 13.5. The minimum atomic E-state index is -0.375. The lowest BCUT2D eigenvalue weighted by Gasteiger charge is -2.39. The lowest BCUT2D eigenvalue weighted by molar-refractivity contribution is -0.138. The number of hydrogen-bond acceptors (Lipinski definition) is 5. The minimum Gasteiger partial charge on any atom is -0.465 e. The van der Waals surface area contributed by atoms with E-state index in [-0.39, 0.29) is 42.8 Å². The molecule has 168 valence electrons. The second kappa shape index (κ2) is 8.41. The summed E-state index contributed by atoms with van der Waals surface area (Å²) in [5.74, 6) is -0.218. The van der Waals surface area contributed by atoms with E-state index in [1.54, 1.807) is 24.0 Å². The Morgan fingerprint density at radius 1 is 1.12 bits per heavy atom. The van der Waals surface area contributed by atoms with Crippen LogP contribution in [0.25, 0.3) is 0 Å². The molecule has 1 atom stereocenters. The number of ether oxygens (including phenoxy) is 1. The Kier molecular flexibility index (Phi) is 5.45.